The quantitative estimate of drug-likeness (QED) is 0.206. The SMILES string of the molecule is O=C(NS(=O)(=O)c1ccccc1)c1ccc([N+](=O)[O-])c(NCc2ccc(-c3ccccc3)cc2)c1.[K+]. The molecule has 176 valence electrons. The molecule has 0 heterocycles. The molecule has 4 rings (SSSR count). The van der Waals surface area contributed by atoms with E-state index < -0.39 is 20.9 Å². The second kappa shape index (κ2) is 12.4. The first-order chi connectivity index (χ1) is 16.8. The normalized spacial score (nSPS) is 10.7. The molecule has 0 atom stereocenters. The van der Waals surface area contributed by atoms with Crippen LogP contribution in [0.5, 0.6) is 0 Å². The third-order valence-electron chi connectivity index (χ3n) is 5.28. The Morgan fingerprint density at radius 1 is 0.806 bits per heavy atom. The summed E-state index contributed by atoms with van der Waals surface area (Å²) in [5, 5.41) is 14.5. The second-order valence-corrected chi connectivity index (χ2v) is 9.34. The first-order valence-corrected chi connectivity index (χ1v) is 12.1. The van der Waals surface area contributed by atoms with Crippen LogP contribution in [0.4, 0.5) is 11.4 Å². The predicted octanol–water partition coefficient (Wildman–Crippen LogP) is 2.00. The fourth-order valence-electron chi connectivity index (χ4n) is 3.46. The molecule has 8 nitrogen and oxygen atoms in total. The summed E-state index contributed by atoms with van der Waals surface area (Å²) in [6.07, 6.45) is 0. The van der Waals surface area contributed by atoms with Crippen molar-refractivity contribution in [2.75, 3.05) is 5.32 Å². The predicted molar refractivity (Wildman–Crippen MR) is 133 cm³/mol. The summed E-state index contributed by atoms with van der Waals surface area (Å²) in [6, 6.07) is 28.7. The summed E-state index contributed by atoms with van der Waals surface area (Å²) in [7, 11) is -4.08. The van der Waals surface area contributed by atoms with E-state index in [1.807, 2.05) is 59.3 Å². The van der Waals surface area contributed by atoms with Crippen molar-refractivity contribution in [1.29, 1.82) is 0 Å². The van der Waals surface area contributed by atoms with Crippen LogP contribution in [0.25, 0.3) is 11.1 Å². The van der Waals surface area contributed by atoms with E-state index in [-0.39, 0.29) is 79.8 Å². The minimum Gasteiger partial charge on any atom is -0.375 e. The molecule has 0 bridgehead atoms. The van der Waals surface area contributed by atoms with E-state index in [0.29, 0.717) is 0 Å². The van der Waals surface area contributed by atoms with Gasteiger partial charge in [0.2, 0.25) is 0 Å². The van der Waals surface area contributed by atoms with Crippen LogP contribution in [-0.2, 0) is 16.6 Å². The molecule has 4 aromatic carbocycles. The largest absolute Gasteiger partial charge is 1.00 e. The van der Waals surface area contributed by atoms with Crippen molar-refractivity contribution < 1.29 is 69.5 Å². The van der Waals surface area contributed by atoms with Crippen LogP contribution in [0.3, 0.4) is 0 Å². The third kappa shape index (κ3) is 6.87. The van der Waals surface area contributed by atoms with Crippen LogP contribution in [0.15, 0.2) is 108 Å². The number of amides is 1. The maximum atomic E-state index is 12.6. The number of sulfonamides is 1. The molecule has 0 saturated heterocycles. The van der Waals surface area contributed by atoms with E-state index in [9.17, 15) is 23.3 Å². The monoisotopic (exact) mass is 526 g/mol. The number of anilines is 1. The Balaban J connectivity index is 0.00000361. The standard InChI is InChI=1S/C26H21N3O5S.K/c30-26(28-35(33,34)23-9-5-2-6-10-23)22-15-16-25(29(31)32)24(17-22)27-18-19-11-13-21(14-12-19)20-7-3-1-4-8-20;/h1-17,27H,18H2,(H,28,30);/q;+1. The average molecular weight is 527 g/mol. The molecule has 4 aromatic rings. The number of hydrogen-bond donors (Lipinski definition) is 2. The molecule has 36 heavy (non-hydrogen) atoms. The number of benzene rings is 4. The molecule has 0 aliphatic rings. The third-order valence-corrected chi connectivity index (χ3v) is 6.63. The molecule has 0 fully saturated rings. The zero-order chi connectivity index (χ0) is 24.8. The van der Waals surface area contributed by atoms with E-state index in [1.54, 1.807) is 18.2 Å². The molecule has 0 radical (unpaired) electrons. The Bertz CT molecular complexity index is 1460. The van der Waals surface area contributed by atoms with Gasteiger partial charge in [0, 0.05) is 18.2 Å². The van der Waals surface area contributed by atoms with Crippen LogP contribution >= 0.6 is 0 Å². The van der Waals surface area contributed by atoms with Crippen molar-refractivity contribution in [3.63, 3.8) is 0 Å². The van der Waals surface area contributed by atoms with Crippen LogP contribution in [0.2, 0.25) is 0 Å². The summed E-state index contributed by atoms with van der Waals surface area (Å²) in [4.78, 5) is 23.5. The molecule has 0 saturated carbocycles. The Morgan fingerprint density at radius 2 is 1.39 bits per heavy atom. The number of carbonyl (C=O) groups is 1. The summed E-state index contributed by atoms with van der Waals surface area (Å²) >= 11 is 0. The van der Waals surface area contributed by atoms with Gasteiger partial charge in [0.05, 0.1) is 9.82 Å². The maximum absolute atomic E-state index is 12.6. The van der Waals surface area contributed by atoms with Crippen molar-refractivity contribution in [2.24, 2.45) is 0 Å². The van der Waals surface area contributed by atoms with Crippen molar-refractivity contribution in [3.8, 4) is 11.1 Å². The molecule has 10 heteroatoms. The fourth-order valence-corrected chi connectivity index (χ4v) is 4.46. The van der Waals surface area contributed by atoms with E-state index in [4.69, 9.17) is 0 Å². The van der Waals surface area contributed by atoms with Crippen molar-refractivity contribution >= 4 is 27.3 Å². The zero-order valence-corrected chi connectivity index (χ0v) is 23.4. The molecule has 1 amide bonds. The number of nitro benzene ring substituents is 1. The molecule has 2 N–H and O–H groups in total. The number of carbonyl (C=O) groups excluding carboxylic acids is 1. The Morgan fingerprint density at radius 3 is 2.00 bits per heavy atom. The number of nitrogens with zero attached hydrogens (tertiary/aromatic N) is 1. The van der Waals surface area contributed by atoms with Gasteiger partial charge in [0.15, 0.2) is 0 Å². The minimum atomic E-state index is -4.08. The molecule has 0 aliphatic heterocycles. The van der Waals surface area contributed by atoms with Crippen molar-refractivity contribution in [1.82, 2.24) is 4.72 Å². The summed E-state index contributed by atoms with van der Waals surface area (Å²) < 4.78 is 26.9. The van der Waals surface area contributed by atoms with E-state index in [1.165, 1.54) is 30.3 Å². The first-order valence-electron chi connectivity index (χ1n) is 10.6. The van der Waals surface area contributed by atoms with Gasteiger partial charge < -0.3 is 5.32 Å². The minimum absolute atomic E-state index is 0. The first kappa shape index (κ1) is 27.7. The maximum Gasteiger partial charge on any atom is 1.00 e. The van der Waals surface area contributed by atoms with Gasteiger partial charge in [-0.25, -0.2) is 13.1 Å². The molecular weight excluding hydrogens is 505 g/mol. The van der Waals surface area contributed by atoms with Crippen LogP contribution < -0.4 is 61.4 Å². The molecule has 0 spiro atoms. The van der Waals surface area contributed by atoms with Gasteiger partial charge in [-0.2, -0.15) is 0 Å². The van der Waals surface area contributed by atoms with Gasteiger partial charge in [0.25, 0.3) is 21.6 Å². The summed E-state index contributed by atoms with van der Waals surface area (Å²) in [5.74, 6) is -0.890. The Hall–Kier alpha value is -2.86. The average Bonchev–Trinajstić information content (AvgIpc) is 2.88. The summed E-state index contributed by atoms with van der Waals surface area (Å²) in [6.45, 7) is 0.267. The topological polar surface area (TPSA) is 118 Å². The smallest absolute Gasteiger partial charge is 0.375 e. The van der Waals surface area contributed by atoms with E-state index >= 15 is 0 Å². The molecule has 0 aliphatic carbocycles. The van der Waals surface area contributed by atoms with Gasteiger partial charge in [0.1, 0.15) is 5.69 Å². The van der Waals surface area contributed by atoms with Crippen LogP contribution in [0.1, 0.15) is 15.9 Å². The molecular formula is C26H21KN3O5S+. The van der Waals surface area contributed by atoms with Crippen LogP contribution in [-0.4, -0.2) is 19.2 Å². The second-order valence-electron chi connectivity index (χ2n) is 7.65. The molecule has 0 unspecified atom stereocenters. The van der Waals surface area contributed by atoms with Gasteiger partial charge >= 0.3 is 51.4 Å². The fraction of sp³-hybridized carbons (Fsp3) is 0.0385. The molecule has 0 aromatic heterocycles. The summed E-state index contributed by atoms with van der Waals surface area (Å²) in [5.41, 5.74) is 2.84. The Kier molecular flexibility index (Phi) is 9.54. The van der Waals surface area contributed by atoms with Gasteiger partial charge in [-0.05, 0) is 41.0 Å². The van der Waals surface area contributed by atoms with Crippen LogP contribution in [0, 0.1) is 10.1 Å². The van der Waals surface area contributed by atoms with Gasteiger partial charge in [-0.1, -0.05) is 72.8 Å². The zero-order valence-electron chi connectivity index (χ0n) is 19.4. The van der Waals surface area contributed by atoms with E-state index in [2.05, 4.69) is 5.32 Å². The van der Waals surface area contributed by atoms with Gasteiger partial charge in [-0.3, -0.25) is 14.9 Å². The van der Waals surface area contributed by atoms with Crippen molar-refractivity contribution in [3.05, 3.63) is 124 Å². The number of nitro groups is 1. The number of hydrogen-bond acceptors (Lipinski definition) is 6. The van der Waals surface area contributed by atoms with E-state index in [0.717, 1.165) is 16.7 Å². The Labute approximate surface area is 251 Å². The van der Waals surface area contributed by atoms with Gasteiger partial charge in [-0.15, -0.1) is 0 Å². The number of nitrogens with one attached hydrogen (secondary N) is 2. The number of rotatable bonds is 8. The van der Waals surface area contributed by atoms with Crippen molar-refractivity contribution in [2.45, 2.75) is 11.4 Å².